The molecular weight excluding hydrogens is 514 g/mol. The van der Waals surface area contributed by atoms with Gasteiger partial charge in [-0.1, -0.05) is 55.4 Å². The second-order valence-electron chi connectivity index (χ2n) is 6.46. The number of nitrogens with one attached hydrogen (secondary N) is 1. The summed E-state index contributed by atoms with van der Waals surface area (Å²) in [6.45, 7) is 18.2. The maximum absolute atomic E-state index is 4.84. The lowest BCUT2D eigenvalue weighted by Crippen LogP contribution is -2.32. The van der Waals surface area contributed by atoms with E-state index >= 15 is 0 Å². The van der Waals surface area contributed by atoms with Crippen LogP contribution < -0.4 is 5.32 Å². The maximum Gasteiger partial charge on any atom is 0.0529 e. The number of piperidine rings is 1. The van der Waals surface area contributed by atoms with Gasteiger partial charge in [-0.05, 0) is 99.8 Å². The normalized spacial score (nSPS) is 14.9. The van der Waals surface area contributed by atoms with Crippen LogP contribution in [0.5, 0.6) is 0 Å². The summed E-state index contributed by atoms with van der Waals surface area (Å²) < 4.78 is 2.14. The molecule has 2 aromatic heterocycles. The van der Waals surface area contributed by atoms with Crippen LogP contribution in [-0.4, -0.2) is 23.1 Å². The van der Waals surface area contributed by atoms with E-state index in [1.54, 1.807) is 0 Å². The lowest BCUT2D eigenvalue weighted by Gasteiger charge is -2.31. The van der Waals surface area contributed by atoms with Crippen molar-refractivity contribution in [3.05, 3.63) is 56.0 Å². The van der Waals surface area contributed by atoms with E-state index in [-0.39, 0.29) is 0 Å². The molecule has 2 aromatic rings. The fourth-order valence-electron chi connectivity index (χ4n) is 3.97. The Hall–Kier alpha value is -0.780. The van der Waals surface area contributed by atoms with Crippen LogP contribution in [0.4, 0.5) is 0 Å². The molecule has 0 saturated carbocycles. The Labute approximate surface area is 208 Å². The van der Waals surface area contributed by atoms with E-state index in [4.69, 9.17) is 9.97 Å². The van der Waals surface area contributed by atoms with Crippen LogP contribution in [0.15, 0.2) is 33.5 Å². The number of hydrogen-bond donors (Lipinski definition) is 1. The number of hydrogen-bond acceptors (Lipinski definition) is 3. The Morgan fingerprint density at radius 3 is 1.48 bits per heavy atom. The number of aromatic nitrogens is 2. The molecule has 1 fully saturated rings. The molecule has 0 aromatic carbocycles. The van der Waals surface area contributed by atoms with Gasteiger partial charge in [0.1, 0.15) is 0 Å². The molecule has 1 aliphatic heterocycles. The largest absolute Gasteiger partial charge is 0.317 e. The van der Waals surface area contributed by atoms with Gasteiger partial charge in [-0.15, -0.1) is 0 Å². The first-order valence-corrected chi connectivity index (χ1v) is 13.8. The van der Waals surface area contributed by atoms with Crippen molar-refractivity contribution in [2.45, 2.75) is 87.0 Å². The van der Waals surface area contributed by atoms with E-state index in [0.29, 0.717) is 11.8 Å². The van der Waals surface area contributed by atoms with Crippen LogP contribution in [-0.2, 0) is 12.8 Å². The van der Waals surface area contributed by atoms with Crippen molar-refractivity contribution < 1.29 is 0 Å². The first-order chi connectivity index (χ1) is 15.2. The fourth-order valence-corrected chi connectivity index (χ4v) is 4.72. The van der Waals surface area contributed by atoms with Crippen LogP contribution in [0.25, 0.3) is 0 Å². The highest BCUT2D eigenvalue weighted by Gasteiger charge is 2.33. The molecule has 3 nitrogen and oxygen atoms in total. The molecule has 0 amide bonds. The molecule has 0 atom stereocenters. The number of halogens is 2. The predicted molar refractivity (Wildman–Crippen MR) is 144 cm³/mol. The van der Waals surface area contributed by atoms with Crippen molar-refractivity contribution in [1.82, 2.24) is 15.3 Å². The number of pyridine rings is 2. The van der Waals surface area contributed by atoms with E-state index in [9.17, 15) is 0 Å². The minimum absolute atomic E-state index is 0.325. The Morgan fingerprint density at radius 1 is 0.710 bits per heavy atom. The number of nitrogens with zero attached hydrogens (tertiary/aromatic N) is 2. The maximum atomic E-state index is 4.84. The van der Waals surface area contributed by atoms with E-state index in [1.807, 2.05) is 67.8 Å². The van der Waals surface area contributed by atoms with Crippen LogP contribution >= 0.6 is 31.9 Å². The summed E-state index contributed by atoms with van der Waals surface area (Å²) in [5, 5.41) is 3.48. The van der Waals surface area contributed by atoms with Crippen LogP contribution in [0, 0.1) is 5.92 Å². The van der Waals surface area contributed by atoms with Crippen molar-refractivity contribution in [3.63, 3.8) is 0 Å². The molecule has 4 rings (SSSR count). The molecule has 2 aliphatic rings. The number of fused-ring (bicyclic) bond motifs is 2. The quantitative estimate of drug-likeness (QED) is 0.383. The van der Waals surface area contributed by atoms with Crippen molar-refractivity contribution in [1.29, 1.82) is 0 Å². The van der Waals surface area contributed by atoms with Crippen LogP contribution in [0.2, 0.25) is 0 Å². The van der Waals surface area contributed by atoms with Gasteiger partial charge in [0.15, 0.2) is 0 Å². The summed E-state index contributed by atoms with van der Waals surface area (Å²) in [4.78, 5) is 9.68. The Morgan fingerprint density at radius 2 is 1.10 bits per heavy atom. The van der Waals surface area contributed by atoms with Crippen molar-refractivity contribution in [2.24, 2.45) is 5.92 Å². The SMILES string of the molecule is Brc1cnc2c(c1)CCc1cc(Br)cnc1C2C1CCNCC1.CC.CC.CC.CC. The summed E-state index contributed by atoms with van der Waals surface area (Å²) in [5.74, 6) is 0.944. The van der Waals surface area contributed by atoms with E-state index in [2.05, 4.69) is 49.3 Å². The average molecular weight is 557 g/mol. The predicted octanol–water partition coefficient (Wildman–Crippen LogP) is 8.34. The minimum atomic E-state index is 0.325. The monoisotopic (exact) mass is 555 g/mol. The summed E-state index contributed by atoms with van der Waals surface area (Å²) in [7, 11) is 0. The van der Waals surface area contributed by atoms with E-state index < -0.39 is 0 Å². The molecule has 1 saturated heterocycles. The van der Waals surface area contributed by atoms with Gasteiger partial charge in [0.05, 0.1) is 11.4 Å². The first kappa shape index (κ1) is 30.2. The molecule has 5 heteroatoms. The molecule has 1 N–H and O–H groups in total. The third kappa shape index (κ3) is 8.58. The topological polar surface area (TPSA) is 37.8 Å². The Balaban J connectivity index is 0.00000102. The minimum Gasteiger partial charge on any atom is -0.317 e. The van der Waals surface area contributed by atoms with Gasteiger partial charge in [0.2, 0.25) is 0 Å². The second-order valence-corrected chi connectivity index (χ2v) is 8.29. The molecule has 0 unspecified atom stereocenters. The standard InChI is InChI=1S/C18H19Br2N3.4C2H6/c19-14-7-12-1-2-13-8-15(20)10-23-18(13)16(17(12)22-9-14)11-3-5-21-6-4-11;4*1-2/h7-11,16,21H,1-6H2;4*1-2H3. The van der Waals surface area contributed by atoms with Gasteiger partial charge in [-0.3, -0.25) is 9.97 Å². The molecule has 0 radical (unpaired) electrons. The summed E-state index contributed by atoms with van der Waals surface area (Å²) in [5.41, 5.74) is 5.23. The van der Waals surface area contributed by atoms with Gasteiger partial charge in [-0.25, -0.2) is 0 Å². The number of rotatable bonds is 1. The third-order valence-corrected chi connectivity index (χ3v) is 5.91. The zero-order chi connectivity index (χ0) is 23.8. The van der Waals surface area contributed by atoms with Crippen LogP contribution in [0.1, 0.15) is 96.7 Å². The van der Waals surface area contributed by atoms with Gasteiger partial charge in [-0.2, -0.15) is 0 Å². The summed E-state index contributed by atoms with van der Waals surface area (Å²) in [6.07, 6.45) is 8.34. The number of aryl methyl sites for hydroxylation is 2. The highest BCUT2D eigenvalue weighted by Crippen LogP contribution is 2.41. The van der Waals surface area contributed by atoms with Crippen molar-refractivity contribution >= 4 is 31.9 Å². The molecule has 0 bridgehead atoms. The Bertz CT molecular complexity index is 675. The van der Waals surface area contributed by atoms with E-state index in [1.165, 1.54) is 35.4 Å². The molecular formula is C26H43Br2N3. The zero-order valence-corrected chi connectivity index (χ0v) is 24.0. The van der Waals surface area contributed by atoms with Gasteiger partial charge >= 0.3 is 0 Å². The third-order valence-electron chi connectivity index (χ3n) is 5.04. The molecule has 31 heavy (non-hydrogen) atoms. The fraction of sp³-hybridized carbons (Fsp3) is 0.615. The first-order valence-electron chi connectivity index (χ1n) is 12.2. The average Bonchev–Trinajstić information content (AvgIpc) is 3.01. The van der Waals surface area contributed by atoms with Gasteiger partial charge in [0, 0.05) is 27.3 Å². The van der Waals surface area contributed by atoms with Crippen molar-refractivity contribution in [2.75, 3.05) is 13.1 Å². The highest BCUT2D eigenvalue weighted by atomic mass is 79.9. The van der Waals surface area contributed by atoms with Gasteiger partial charge < -0.3 is 5.32 Å². The highest BCUT2D eigenvalue weighted by molar-refractivity contribution is 9.10. The second kappa shape index (κ2) is 17.7. The lowest BCUT2D eigenvalue weighted by molar-refractivity contribution is 0.335. The van der Waals surface area contributed by atoms with Crippen LogP contribution in [0.3, 0.4) is 0 Å². The smallest absolute Gasteiger partial charge is 0.0529 e. The summed E-state index contributed by atoms with van der Waals surface area (Å²) >= 11 is 7.17. The lowest BCUT2D eigenvalue weighted by atomic mass is 9.79. The molecule has 0 spiro atoms. The van der Waals surface area contributed by atoms with Crippen molar-refractivity contribution in [3.8, 4) is 0 Å². The Kier molecular flexibility index (Phi) is 17.3. The molecule has 1 aliphatic carbocycles. The van der Waals surface area contributed by atoms with Gasteiger partial charge in [0.25, 0.3) is 0 Å². The van der Waals surface area contributed by atoms with E-state index in [0.717, 1.165) is 34.9 Å². The summed E-state index contributed by atoms with van der Waals surface area (Å²) in [6, 6.07) is 4.49. The zero-order valence-electron chi connectivity index (χ0n) is 20.9. The molecule has 176 valence electrons. The molecule has 3 heterocycles.